The Balaban J connectivity index is 1.42. The van der Waals surface area contributed by atoms with Crippen LogP contribution in [0.25, 0.3) is 11.2 Å². The lowest BCUT2D eigenvalue weighted by Crippen LogP contribution is -2.40. The molecule has 1 saturated carbocycles. The highest BCUT2D eigenvalue weighted by atomic mass is 35.5. The SMILES string of the molecule is CC(=O)OC[C@H]1O[C@@H](n2cnc3c(N4CC5(CCCCC5)CC4c4ccccc4)nc(Cl)nc32)[C@H](OC(C)=O)[C@@H]1OC(C)=O. The molecule has 6 rings (SSSR count). The Hall–Kier alpha value is -3.77. The summed E-state index contributed by atoms with van der Waals surface area (Å²) in [5.41, 5.74) is 2.25. The van der Waals surface area contributed by atoms with Gasteiger partial charge in [0, 0.05) is 27.3 Å². The maximum atomic E-state index is 12.2. The summed E-state index contributed by atoms with van der Waals surface area (Å²) in [5.74, 6) is -1.13. The highest BCUT2D eigenvalue weighted by Gasteiger charge is 2.51. The van der Waals surface area contributed by atoms with Gasteiger partial charge in [0.1, 0.15) is 12.7 Å². The van der Waals surface area contributed by atoms with Crippen molar-refractivity contribution in [2.75, 3.05) is 18.1 Å². The first-order valence-electron chi connectivity index (χ1n) is 15.0. The van der Waals surface area contributed by atoms with Crippen LogP contribution in [0.2, 0.25) is 5.28 Å². The average Bonchev–Trinajstić information content (AvgIpc) is 3.66. The molecular weight excluding hydrogens is 590 g/mol. The highest BCUT2D eigenvalue weighted by Crippen LogP contribution is 2.53. The van der Waals surface area contributed by atoms with E-state index >= 15 is 0 Å². The number of carbonyl (C=O) groups is 3. The first kappa shape index (κ1) is 30.3. The molecule has 0 amide bonds. The number of rotatable bonds is 7. The summed E-state index contributed by atoms with van der Waals surface area (Å²) in [6, 6.07) is 10.5. The minimum absolute atomic E-state index is 0.0284. The van der Waals surface area contributed by atoms with Gasteiger partial charge in [0.05, 0.1) is 12.4 Å². The summed E-state index contributed by atoms with van der Waals surface area (Å²) in [6.07, 6.45) is 4.45. The molecule has 13 heteroatoms. The molecule has 5 atom stereocenters. The molecular formula is C31H36ClN5O7. The Morgan fingerprint density at radius 1 is 0.977 bits per heavy atom. The second-order valence-electron chi connectivity index (χ2n) is 12.0. The van der Waals surface area contributed by atoms with Gasteiger partial charge in [-0.3, -0.25) is 19.0 Å². The summed E-state index contributed by atoms with van der Waals surface area (Å²) >= 11 is 6.60. The van der Waals surface area contributed by atoms with Crippen LogP contribution in [0.1, 0.15) is 77.1 Å². The average molecular weight is 626 g/mol. The molecule has 2 saturated heterocycles. The van der Waals surface area contributed by atoms with E-state index < -0.39 is 42.4 Å². The van der Waals surface area contributed by atoms with Crippen LogP contribution < -0.4 is 4.90 Å². The van der Waals surface area contributed by atoms with Gasteiger partial charge in [-0.1, -0.05) is 49.6 Å². The molecule has 1 unspecified atom stereocenters. The molecule has 2 aromatic heterocycles. The van der Waals surface area contributed by atoms with Crippen molar-refractivity contribution in [1.29, 1.82) is 0 Å². The monoisotopic (exact) mass is 625 g/mol. The van der Waals surface area contributed by atoms with Gasteiger partial charge in [-0.05, 0) is 41.8 Å². The van der Waals surface area contributed by atoms with Gasteiger partial charge in [0.15, 0.2) is 35.4 Å². The van der Waals surface area contributed by atoms with Crippen LogP contribution in [0.3, 0.4) is 0 Å². The molecule has 4 heterocycles. The largest absolute Gasteiger partial charge is 0.463 e. The Labute approximate surface area is 260 Å². The normalized spacial score (nSPS) is 26.2. The molecule has 1 aliphatic carbocycles. The number of esters is 3. The van der Waals surface area contributed by atoms with Crippen molar-refractivity contribution in [2.45, 2.75) is 89.9 Å². The lowest BCUT2D eigenvalue weighted by molar-refractivity contribution is -0.166. The van der Waals surface area contributed by atoms with Crippen molar-refractivity contribution in [3.63, 3.8) is 0 Å². The summed E-state index contributed by atoms with van der Waals surface area (Å²) in [4.78, 5) is 52.1. The van der Waals surface area contributed by atoms with Crippen molar-refractivity contribution >= 4 is 46.5 Å². The van der Waals surface area contributed by atoms with Crippen LogP contribution in [0.5, 0.6) is 0 Å². The molecule has 3 aliphatic rings. The van der Waals surface area contributed by atoms with Crippen molar-refractivity contribution in [1.82, 2.24) is 19.5 Å². The Morgan fingerprint density at radius 2 is 1.68 bits per heavy atom. The van der Waals surface area contributed by atoms with Crippen LogP contribution >= 0.6 is 11.6 Å². The molecule has 0 bridgehead atoms. The second-order valence-corrected chi connectivity index (χ2v) is 12.3. The topological polar surface area (TPSA) is 135 Å². The Morgan fingerprint density at radius 3 is 2.36 bits per heavy atom. The van der Waals surface area contributed by atoms with E-state index in [1.807, 2.05) is 6.07 Å². The van der Waals surface area contributed by atoms with E-state index in [1.165, 1.54) is 51.9 Å². The van der Waals surface area contributed by atoms with Gasteiger partial charge >= 0.3 is 17.9 Å². The zero-order valence-corrected chi connectivity index (χ0v) is 25.7. The number of hydrogen-bond donors (Lipinski definition) is 0. The number of imidazole rings is 1. The summed E-state index contributed by atoms with van der Waals surface area (Å²) in [7, 11) is 0. The predicted molar refractivity (Wildman–Crippen MR) is 159 cm³/mol. The van der Waals surface area contributed by atoms with E-state index in [0.717, 1.165) is 25.8 Å². The quantitative estimate of drug-likeness (QED) is 0.205. The van der Waals surface area contributed by atoms with Crippen LogP contribution in [0, 0.1) is 5.41 Å². The standard InChI is InChI=1S/C31H36ClN5O7/c1-18(38)41-15-23-25(42-19(2)39)26(43-20(3)40)29(44-23)37-17-33-24-27(34-30(32)35-28(24)37)36-16-31(12-8-5-9-13-31)14-22(36)21-10-6-4-7-11-21/h4,6-7,10-11,17,22-23,25-26,29H,5,8-9,12-16H2,1-3H3/t22?,23-,25-,26-,29-/m1/s1. The van der Waals surface area contributed by atoms with Gasteiger partial charge in [-0.15, -0.1) is 0 Å². The fourth-order valence-electron chi connectivity index (χ4n) is 7.09. The predicted octanol–water partition coefficient (Wildman–Crippen LogP) is 4.71. The maximum Gasteiger partial charge on any atom is 0.303 e. The van der Waals surface area contributed by atoms with Crippen LogP contribution in [0.4, 0.5) is 5.82 Å². The smallest absolute Gasteiger partial charge is 0.303 e. The van der Waals surface area contributed by atoms with E-state index in [0.29, 0.717) is 17.0 Å². The molecule has 44 heavy (non-hydrogen) atoms. The molecule has 0 radical (unpaired) electrons. The van der Waals surface area contributed by atoms with Gasteiger partial charge in [0.2, 0.25) is 5.28 Å². The third-order valence-corrected chi connectivity index (χ3v) is 9.04. The minimum atomic E-state index is -1.08. The summed E-state index contributed by atoms with van der Waals surface area (Å²) in [5, 5.41) is 0.0284. The third-order valence-electron chi connectivity index (χ3n) is 8.87. The summed E-state index contributed by atoms with van der Waals surface area (Å²) in [6.45, 7) is 4.35. The number of fused-ring (bicyclic) bond motifs is 1. The van der Waals surface area contributed by atoms with Crippen LogP contribution in [0.15, 0.2) is 36.7 Å². The van der Waals surface area contributed by atoms with Gasteiger partial charge in [0.25, 0.3) is 0 Å². The maximum absolute atomic E-state index is 12.2. The number of aromatic nitrogens is 4. The molecule has 3 aromatic rings. The second kappa shape index (κ2) is 12.3. The van der Waals surface area contributed by atoms with Crippen molar-refractivity contribution in [3.8, 4) is 0 Å². The molecule has 12 nitrogen and oxygen atoms in total. The zero-order chi connectivity index (χ0) is 31.0. The van der Waals surface area contributed by atoms with Gasteiger partial charge < -0.3 is 23.8 Å². The van der Waals surface area contributed by atoms with Crippen molar-refractivity contribution in [3.05, 3.63) is 47.5 Å². The molecule has 0 N–H and O–H groups in total. The van der Waals surface area contributed by atoms with Crippen molar-refractivity contribution in [2.24, 2.45) is 5.41 Å². The summed E-state index contributed by atoms with van der Waals surface area (Å²) < 4.78 is 24.2. The molecule has 234 valence electrons. The zero-order valence-electron chi connectivity index (χ0n) is 25.0. The van der Waals surface area contributed by atoms with Crippen LogP contribution in [-0.2, 0) is 33.3 Å². The fraction of sp³-hybridized carbons (Fsp3) is 0.548. The van der Waals surface area contributed by atoms with E-state index in [4.69, 9.17) is 40.5 Å². The number of carbonyl (C=O) groups excluding carboxylic acids is 3. The van der Waals surface area contributed by atoms with E-state index in [-0.39, 0.29) is 23.3 Å². The molecule has 3 fully saturated rings. The first-order chi connectivity index (χ1) is 21.1. The number of hydrogen-bond acceptors (Lipinski definition) is 11. The third kappa shape index (κ3) is 5.97. The molecule has 1 spiro atoms. The fourth-order valence-corrected chi connectivity index (χ4v) is 7.26. The lowest BCUT2D eigenvalue weighted by atomic mass is 9.72. The van der Waals surface area contributed by atoms with E-state index in [2.05, 4.69) is 34.1 Å². The number of halogens is 1. The Kier molecular flexibility index (Phi) is 8.47. The van der Waals surface area contributed by atoms with Crippen LogP contribution in [-0.4, -0.2) is 68.9 Å². The van der Waals surface area contributed by atoms with E-state index in [9.17, 15) is 14.4 Å². The number of nitrogens with zero attached hydrogens (tertiary/aromatic N) is 5. The first-order valence-corrected chi connectivity index (χ1v) is 15.4. The Bertz CT molecular complexity index is 1540. The number of benzene rings is 1. The van der Waals surface area contributed by atoms with E-state index in [1.54, 1.807) is 4.57 Å². The number of anilines is 1. The van der Waals surface area contributed by atoms with Crippen molar-refractivity contribution < 1.29 is 33.3 Å². The van der Waals surface area contributed by atoms with Gasteiger partial charge in [-0.25, -0.2) is 4.98 Å². The molecule has 2 aliphatic heterocycles. The lowest BCUT2D eigenvalue weighted by Gasteiger charge is -2.33. The minimum Gasteiger partial charge on any atom is -0.463 e. The molecule has 1 aromatic carbocycles. The van der Waals surface area contributed by atoms with Gasteiger partial charge in [-0.2, -0.15) is 9.97 Å². The number of ether oxygens (including phenoxy) is 4. The highest BCUT2D eigenvalue weighted by molar-refractivity contribution is 6.28.